The van der Waals surface area contributed by atoms with Crippen LogP contribution in [0.2, 0.25) is 0 Å². The maximum Gasteiger partial charge on any atom is 0.490 e. The van der Waals surface area contributed by atoms with E-state index >= 15 is 0 Å². The minimum absolute atomic E-state index is 0.152. The zero-order chi connectivity index (χ0) is 25.4. The monoisotopic (exact) mass is 488 g/mol. The van der Waals surface area contributed by atoms with Crippen molar-refractivity contribution < 1.29 is 27.5 Å². The second-order valence-corrected chi connectivity index (χ2v) is 7.30. The summed E-state index contributed by atoms with van der Waals surface area (Å²) in [5.41, 5.74) is 3.09. The molecule has 0 aliphatic carbocycles. The van der Waals surface area contributed by atoms with Gasteiger partial charge in [-0.1, -0.05) is 12.1 Å². The molecule has 12 heteroatoms. The Labute approximate surface area is 197 Å². The highest BCUT2D eigenvalue weighted by Gasteiger charge is 2.38. The fourth-order valence-electron chi connectivity index (χ4n) is 2.96. The smallest absolute Gasteiger partial charge is 0.475 e. The van der Waals surface area contributed by atoms with Gasteiger partial charge in [0.15, 0.2) is 0 Å². The first-order chi connectivity index (χ1) is 16.6. The highest BCUT2D eigenvalue weighted by molar-refractivity contribution is 5.73. The van der Waals surface area contributed by atoms with Crippen molar-refractivity contribution in [3.05, 3.63) is 84.8 Å². The van der Waals surface area contributed by atoms with Crippen LogP contribution in [0.15, 0.2) is 73.4 Å². The number of aromatic nitrogens is 5. The molecule has 0 fully saturated rings. The molecule has 2 N–H and O–H groups in total. The fourth-order valence-corrected chi connectivity index (χ4v) is 2.96. The van der Waals surface area contributed by atoms with Crippen molar-refractivity contribution >= 4 is 11.9 Å². The van der Waals surface area contributed by atoms with E-state index in [1.54, 1.807) is 55.2 Å². The molecular weight excluding hydrogens is 468 g/mol. The van der Waals surface area contributed by atoms with Gasteiger partial charge in [0.1, 0.15) is 11.5 Å². The molecule has 0 bridgehead atoms. The highest BCUT2D eigenvalue weighted by atomic mass is 19.4. The molecule has 4 aromatic rings. The first-order valence-corrected chi connectivity index (χ1v) is 10.2. The highest BCUT2D eigenvalue weighted by Crippen LogP contribution is 2.20. The number of halogens is 4. The SMILES string of the molecule is CC(Cc1ccncc1)Nc1nccc(-c2cnn(-c3ccccc3F)c2)n1.O=C(O)C(F)(F)F. The van der Waals surface area contributed by atoms with Gasteiger partial charge in [-0.25, -0.2) is 23.8 Å². The fraction of sp³-hybridized carbons (Fsp3) is 0.174. The van der Waals surface area contributed by atoms with E-state index in [1.165, 1.54) is 16.3 Å². The third-order valence-corrected chi connectivity index (χ3v) is 4.54. The molecule has 1 aromatic carbocycles. The molecule has 0 spiro atoms. The number of hydrogen-bond donors (Lipinski definition) is 2. The Balaban J connectivity index is 0.000000429. The van der Waals surface area contributed by atoms with Gasteiger partial charge in [-0.2, -0.15) is 18.3 Å². The summed E-state index contributed by atoms with van der Waals surface area (Å²) in [6.07, 6.45) is 4.44. The van der Waals surface area contributed by atoms with Gasteiger partial charge in [0.25, 0.3) is 0 Å². The van der Waals surface area contributed by atoms with Gasteiger partial charge in [0, 0.05) is 36.4 Å². The molecular formula is C23H20F4N6O2. The molecule has 1 unspecified atom stereocenters. The number of carbonyl (C=O) groups is 1. The predicted molar refractivity (Wildman–Crippen MR) is 119 cm³/mol. The van der Waals surface area contributed by atoms with Gasteiger partial charge in [-0.3, -0.25) is 4.98 Å². The molecule has 182 valence electrons. The zero-order valence-corrected chi connectivity index (χ0v) is 18.3. The minimum Gasteiger partial charge on any atom is -0.475 e. The molecule has 0 amide bonds. The van der Waals surface area contributed by atoms with Gasteiger partial charge in [-0.15, -0.1) is 0 Å². The third-order valence-electron chi connectivity index (χ3n) is 4.54. The quantitative estimate of drug-likeness (QED) is 0.384. The van der Waals surface area contributed by atoms with E-state index in [0.717, 1.165) is 17.7 Å². The van der Waals surface area contributed by atoms with Crippen LogP contribution in [0.4, 0.5) is 23.5 Å². The van der Waals surface area contributed by atoms with Crippen molar-refractivity contribution in [2.45, 2.75) is 25.6 Å². The maximum absolute atomic E-state index is 14.0. The number of nitrogens with one attached hydrogen (secondary N) is 1. The lowest BCUT2D eigenvalue weighted by Gasteiger charge is -2.14. The number of pyridine rings is 1. The normalized spacial score (nSPS) is 11.8. The Bertz CT molecular complexity index is 1260. The van der Waals surface area contributed by atoms with Crippen molar-refractivity contribution in [3.8, 4) is 16.9 Å². The largest absolute Gasteiger partial charge is 0.490 e. The van der Waals surface area contributed by atoms with E-state index in [9.17, 15) is 17.6 Å². The number of benzene rings is 1. The van der Waals surface area contributed by atoms with Crippen LogP contribution in [-0.4, -0.2) is 48.0 Å². The number of aliphatic carboxylic acids is 1. The Morgan fingerprint density at radius 3 is 2.46 bits per heavy atom. The summed E-state index contributed by atoms with van der Waals surface area (Å²) in [5, 5.41) is 14.7. The summed E-state index contributed by atoms with van der Waals surface area (Å²) < 4.78 is 47.2. The summed E-state index contributed by atoms with van der Waals surface area (Å²) in [6, 6.07) is 12.5. The van der Waals surface area contributed by atoms with Crippen LogP contribution in [0.25, 0.3) is 16.9 Å². The van der Waals surface area contributed by atoms with Crippen molar-refractivity contribution in [3.63, 3.8) is 0 Å². The van der Waals surface area contributed by atoms with Crippen LogP contribution in [0.3, 0.4) is 0 Å². The first kappa shape index (κ1) is 25.3. The number of carboxylic acids is 1. The van der Waals surface area contributed by atoms with E-state index in [1.807, 2.05) is 12.1 Å². The van der Waals surface area contributed by atoms with Crippen LogP contribution in [0, 0.1) is 5.82 Å². The van der Waals surface area contributed by atoms with Crippen molar-refractivity contribution in [1.29, 1.82) is 0 Å². The van der Waals surface area contributed by atoms with Gasteiger partial charge in [0.2, 0.25) is 5.95 Å². The van der Waals surface area contributed by atoms with Crippen LogP contribution in [0.1, 0.15) is 12.5 Å². The van der Waals surface area contributed by atoms with Crippen LogP contribution >= 0.6 is 0 Å². The Kier molecular flexibility index (Phi) is 8.08. The van der Waals surface area contributed by atoms with Crippen LogP contribution in [0.5, 0.6) is 0 Å². The molecule has 35 heavy (non-hydrogen) atoms. The molecule has 1 atom stereocenters. The molecule has 0 saturated carbocycles. The number of nitrogens with zero attached hydrogens (tertiary/aromatic N) is 5. The summed E-state index contributed by atoms with van der Waals surface area (Å²) in [7, 11) is 0. The minimum atomic E-state index is -5.08. The molecule has 8 nitrogen and oxygen atoms in total. The number of alkyl halides is 3. The summed E-state index contributed by atoms with van der Waals surface area (Å²) in [4.78, 5) is 21.8. The Morgan fingerprint density at radius 2 is 1.80 bits per heavy atom. The molecule has 3 heterocycles. The van der Waals surface area contributed by atoms with E-state index < -0.39 is 12.1 Å². The maximum atomic E-state index is 14.0. The first-order valence-electron chi connectivity index (χ1n) is 10.2. The van der Waals surface area contributed by atoms with E-state index in [0.29, 0.717) is 11.6 Å². The summed E-state index contributed by atoms with van der Waals surface area (Å²) >= 11 is 0. The Morgan fingerprint density at radius 1 is 1.11 bits per heavy atom. The lowest BCUT2D eigenvalue weighted by molar-refractivity contribution is -0.192. The standard InChI is InChI=1S/C21H19FN6.C2HF3O2/c1-15(12-16-6-9-23-10-7-16)26-21-24-11-8-19(27-21)17-13-25-28(14-17)20-5-3-2-4-18(20)22;3-2(4,5)1(6)7/h2-11,13-15H,12H2,1H3,(H,24,26,27);(H,6,7). The lowest BCUT2D eigenvalue weighted by Crippen LogP contribution is -2.21. The average Bonchev–Trinajstić information content (AvgIpc) is 3.30. The van der Waals surface area contributed by atoms with Crippen molar-refractivity contribution in [2.75, 3.05) is 5.32 Å². The summed E-state index contributed by atoms with van der Waals surface area (Å²) in [6.45, 7) is 2.08. The number of carboxylic acid groups (broad SMARTS) is 1. The molecule has 4 rings (SSSR count). The zero-order valence-electron chi connectivity index (χ0n) is 18.3. The molecule has 0 radical (unpaired) electrons. The number of rotatable bonds is 6. The number of anilines is 1. The average molecular weight is 488 g/mol. The van der Waals surface area contributed by atoms with E-state index in [4.69, 9.17) is 9.90 Å². The second kappa shape index (κ2) is 11.2. The number of hydrogen-bond acceptors (Lipinski definition) is 6. The van der Waals surface area contributed by atoms with Gasteiger partial charge in [-0.05, 0) is 49.2 Å². The van der Waals surface area contributed by atoms with E-state index in [2.05, 4.69) is 32.3 Å². The third kappa shape index (κ3) is 7.32. The molecule has 0 aliphatic heterocycles. The molecule has 3 aromatic heterocycles. The second-order valence-electron chi connectivity index (χ2n) is 7.30. The molecule has 0 saturated heterocycles. The topological polar surface area (TPSA) is 106 Å². The predicted octanol–water partition coefficient (Wildman–Crippen LogP) is 4.54. The van der Waals surface area contributed by atoms with Crippen molar-refractivity contribution in [2.24, 2.45) is 0 Å². The van der Waals surface area contributed by atoms with Crippen molar-refractivity contribution in [1.82, 2.24) is 24.7 Å². The van der Waals surface area contributed by atoms with Gasteiger partial charge >= 0.3 is 12.1 Å². The van der Waals surface area contributed by atoms with E-state index in [-0.39, 0.29) is 11.9 Å². The van der Waals surface area contributed by atoms with Gasteiger partial charge in [0.05, 0.1) is 11.9 Å². The van der Waals surface area contributed by atoms with Crippen LogP contribution in [-0.2, 0) is 11.2 Å². The lowest BCUT2D eigenvalue weighted by atomic mass is 10.1. The number of para-hydroxylation sites is 1. The van der Waals surface area contributed by atoms with Crippen LogP contribution < -0.4 is 5.32 Å². The molecule has 0 aliphatic rings. The summed E-state index contributed by atoms with van der Waals surface area (Å²) in [5.74, 6) is -2.54. The Hall–Kier alpha value is -4.35. The van der Waals surface area contributed by atoms with Gasteiger partial charge < -0.3 is 10.4 Å².